The van der Waals surface area contributed by atoms with Crippen LogP contribution in [0, 0.1) is 11.8 Å². The lowest BCUT2D eigenvalue weighted by Gasteiger charge is -2.06. The molecule has 0 amide bonds. The van der Waals surface area contributed by atoms with Crippen LogP contribution in [-0.2, 0) is 4.79 Å². The van der Waals surface area contributed by atoms with Crippen molar-refractivity contribution < 1.29 is 14.3 Å². The van der Waals surface area contributed by atoms with E-state index in [0.717, 1.165) is 24.2 Å². The zero-order valence-electron chi connectivity index (χ0n) is 8.68. The summed E-state index contributed by atoms with van der Waals surface area (Å²) in [6.45, 7) is 0.622. The molecule has 3 heteroatoms. The molecule has 0 aliphatic heterocycles. The Labute approximate surface area is 89.0 Å². The molecule has 1 aliphatic carbocycles. The van der Waals surface area contributed by atoms with Gasteiger partial charge < -0.3 is 14.3 Å². The average molecular weight is 206 g/mol. The number of ether oxygens (including phenoxy) is 2. The second kappa shape index (κ2) is 4.34. The Morgan fingerprint density at radius 1 is 1.47 bits per heavy atom. The molecule has 15 heavy (non-hydrogen) atoms. The van der Waals surface area contributed by atoms with Gasteiger partial charge in [0.2, 0.25) is 0 Å². The first kappa shape index (κ1) is 10.0. The fraction of sp³-hybridized carbons (Fsp3) is 0.417. The molecule has 1 aliphatic rings. The van der Waals surface area contributed by atoms with E-state index in [0.29, 0.717) is 12.5 Å². The van der Waals surface area contributed by atoms with Gasteiger partial charge in [0.05, 0.1) is 13.7 Å². The van der Waals surface area contributed by atoms with Crippen LogP contribution in [0.15, 0.2) is 24.3 Å². The van der Waals surface area contributed by atoms with E-state index in [2.05, 4.69) is 0 Å². The Bertz CT molecular complexity index is 348. The molecule has 1 aromatic rings. The van der Waals surface area contributed by atoms with Crippen molar-refractivity contribution in [2.75, 3.05) is 13.7 Å². The number of rotatable bonds is 5. The van der Waals surface area contributed by atoms with Crippen molar-refractivity contribution in [1.29, 1.82) is 0 Å². The minimum Gasteiger partial charge on any atom is -0.497 e. The highest BCUT2D eigenvalue weighted by Gasteiger charge is 2.37. The molecule has 0 spiro atoms. The number of benzene rings is 1. The van der Waals surface area contributed by atoms with E-state index in [1.54, 1.807) is 7.11 Å². The highest BCUT2D eigenvalue weighted by Crippen LogP contribution is 2.36. The van der Waals surface area contributed by atoms with Gasteiger partial charge in [0, 0.05) is 17.9 Å². The van der Waals surface area contributed by atoms with E-state index >= 15 is 0 Å². The van der Waals surface area contributed by atoms with Gasteiger partial charge in [-0.25, -0.2) is 0 Å². The van der Waals surface area contributed by atoms with Crippen molar-refractivity contribution in [1.82, 2.24) is 0 Å². The summed E-state index contributed by atoms with van der Waals surface area (Å²) < 4.78 is 10.6. The van der Waals surface area contributed by atoms with Crippen LogP contribution in [-0.4, -0.2) is 20.0 Å². The van der Waals surface area contributed by atoms with Crippen LogP contribution in [0.1, 0.15) is 6.42 Å². The van der Waals surface area contributed by atoms with Crippen molar-refractivity contribution in [2.45, 2.75) is 6.42 Å². The lowest BCUT2D eigenvalue weighted by atomic mass is 10.3. The Balaban J connectivity index is 1.85. The van der Waals surface area contributed by atoms with Gasteiger partial charge in [-0.3, -0.25) is 0 Å². The smallest absolute Gasteiger partial charge is 0.123 e. The van der Waals surface area contributed by atoms with E-state index in [1.807, 2.05) is 24.3 Å². The summed E-state index contributed by atoms with van der Waals surface area (Å²) in [6.07, 6.45) is 1.98. The van der Waals surface area contributed by atoms with Crippen LogP contribution < -0.4 is 9.47 Å². The SMILES string of the molecule is COc1cccc(OCC2CC2C=O)c1. The second-order valence-corrected chi connectivity index (χ2v) is 3.79. The van der Waals surface area contributed by atoms with E-state index in [-0.39, 0.29) is 5.92 Å². The highest BCUT2D eigenvalue weighted by molar-refractivity contribution is 5.58. The third-order valence-electron chi connectivity index (χ3n) is 2.66. The Morgan fingerprint density at radius 2 is 2.27 bits per heavy atom. The number of hydrogen-bond donors (Lipinski definition) is 0. The van der Waals surface area contributed by atoms with Crippen LogP contribution in [0.5, 0.6) is 11.5 Å². The topological polar surface area (TPSA) is 35.5 Å². The summed E-state index contributed by atoms with van der Waals surface area (Å²) in [5.74, 6) is 2.21. The lowest BCUT2D eigenvalue weighted by Crippen LogP contribution is -2.01. The lowest BCUT2D eigenvalue weighted by molar-refractivity contribution is -0.109. The summed E-state index contributed by atoms with van der Waals surface area (Å²) in [5, 5.41) is 0. The Morgan fingerprint density at radius 3 is 2.93 bits per heavy atom. The van der Waals surface area contributed by atoms with Gasteiger partial charge in [-0.15, -0.1) is 0 Å². The maximum Gasteiger partial charge on any atom is 0.123 e. The summed E-state index contributed by atoms with van der Waals surface area (Å²) in [4.78, 5) is 10.4. The quantitative estimate of drug-likeness (QED) is 0.690. The van der Waals surface area contributed by atoms with Crippen molar-refractivity contribution in [3.8, 4) is 11.5 Å². The summed E-state index contributed by atoms with van der Waals surface area (Å²) in [7, 11) is 1.63. The van der Waals surface area contributed by atoms with Gasteiger partial charge in [-0.2, -0.15) is 0 Å². The number of carbonyl (C=O) groups is 1. The fourth-order valence-electron chi connectivity index (χ4n) is 1.52. The predicted molar refractivity (Wildman–Crippen MR) is 56.2 cm³/mol. The minimum atomic E-state index is 0.218. The molecular weight excluding hydrogens is 192 g/mol. The normalized spacial score (nSPS) is 23.3. The van der Waals surface area contributed by atoms with Gasteiger partial charge in [-0.05, 0) is 18.6 Å². The van der Waals surface area contributed by atoms with Gasteiger partial charge in [0.1, 0.15) is 17.8 Å². The fourth-order valence-corrected chi connectivity index (χ4v) is 1.52. The third kappa shape index (κ3) is 2.49. The number of carbonyl (C=O) groups excluding carboxylic acids is 1. The molecule has 0 bridgehead atoms. The third-order valence-corrected chi connectivity index (χ3v) is 2.66. The first-order chi connectivity index (χ1) is 7.33. The van der Waals surface area contributed by atoms with E-state index < -0.39 is 0 Å². The number of hydrogen-bond acceptors (Lipinski definition) is 3. The maximum atomic E-state index is 10.4. The van der Waals surface area contributed by atoms with Gasteiger partial charge in [0.25, 0.3) is 0 Å². The summed E-state index contributed by atoms with van der Waals surface area (Å²) in [6, 6.07) is 7.50. The monoisotopic (exact) mass is 206 g/mol. The average Bonchev–Trinajstić information content (AvgIpc) is 3.05. The molecule has 1 saturated carbocycles. The number of aldehydes is 1. The molecule has 80 valence electrons. The molecule has 2 atom stereocenters. The zero-order chi connectivity index (χ0) is 10.7. The van der Waals surface area contributed by atoms with Crippen molar-refractivity contribution in [3.63, 3.8) is 0 Å². The van der Waals surface area contributed by atoms with Crippen molar-refractivity contribution in [3.05, 3.63) is 24.3 Å². The molecule has 0 heterocycles. The van der Waals surface area contributed by atoms with Crippen LogP contribution in [0.2, 0.25) is 0 Å². The molecule has 2 rings (SSSR count). The van der Waals surface area contributed by atoms with Gasteiger partial charge in [0.15, 0.2) is 0 Å². The van der Waals surface area contributed by atoms with Crippen LogP contribution >= 0.6 is 0 Å². The van der Waals surface area contributed by atoms with Crippen LogP contribution in [0.4, 0.5) is 0 Å². The Kier molecular flexibility index (Phi) is 2.90. The first-order valence-electron chi connectivity index (χ1n) is 5.05. The van der Waals surface area contributed by atoms with Crippen molar-refractivity contribution in [2.24, 2.45) is 11.8 Å². The molecule has 2 unspecified atom stereocenters. The molecule has 1 aromatic carbocycles. The largest absolute Gasteiger partial charge is 0.497 e. The maximum absolute atomic E-state index is 10.4. The molecular formula is C12H14O3. The number of methoxy groups -OCH3 is 1. The molecule has 0 aromatic heterocycles. The molecule has 1 fully saturated rings. The van der Waals surface area contributed by atoms with Crippen molar-refractivity contribution >= 4 is 6.29 Å². The highest BCUT2D eigenvalue weighted by atomic mass is 16.5. The molecule has 3 nitrogen and oxygen atoms in total. The van der Waals surface area contributed by atoms with E-state index in [4.69, 9.17) is 9.47 Å². The molecule has 0 N–H and O–H groups in total. The first-order valence-corrected chi connectivity index (χ1v) is 5.05. The summed E-state index contributed by atoms with van der Waals surface area (Å²) >= 11 is 0. The summed E-state index contributed by atoms with van der Waals surface area (Å²) in [5.41, 5.74) is 0. The minimum absolute atomic E-state index is 0.218. The van der Waals surface area contributed by atoms with E-state index in [1.165, 1.54) is 0 Å². The Hall–Kier alpha value is -1.51. The van der Waals surface area contributed by atoms with Gasteiger partial charge >= 0.3 is 0 Å². The second-order valence-electron chi connectivity index (χ2n) is 3.79. The van der Waals surface area contributed by atoms with Crippen LogP contribution in [0.25, 0.3) is 0 Å². The van der Waals surface area contributed by atoms with Gasteiger partial charge in [-0.1, -0.05) is 6.07 Å². The standard InChI is InChI=1S/C12H14O3/c1-14-11-3-2-4-12(6-11)15-8-10-5-9(10)7-13/h2-4,6-7,9-10H,5,8H2,1H3. The van der Waals surface area contributed by atoms with E-state index in [9.17, 15) is 4.79 Å². The van der Waals surface area contributed by atoms with Crippen LogP contribution in [0.3, 0.4) is 0 Å². The molecule has 0 radical (unpaired) electrons. The predicted octanol–water partition coefficient (Wildman–Crippen LogP) is 1.91. The molecule has 0 saturated heterocycles. The zero-order valence-corrected chi connectivity index (χ0v) is 8.68.